The fraction of sp³-hybridized carbons (Fsp3) is 0.0667. The molecular formula is C15H12N2O2. The molecule has 3 rings (SSSR count). The van der Waals surface area contributed by atoms with Crippen LogP contribution in [0.5, 0.6) is 0 Å². The van der Waals surface area contributed by atoms with Crippen LogP contribution in [0.1, 0.15) is 11.1 Å². The highest BCUT2D eigenvalue weighted by Crippen LogP contribution is 2.31. The Morgan fingerprint density at radius 3 is 2.05 bits per heavy atom. The molecule has 0 bridgehead atoms. The van der Waals surface area contributed by atoms with E-state index in [0.717, 1.165) is 22.3 Å². The first-order chi connectivity index (χ1) is 9.35. The Hall–Kier alpha value is -2.62. The van der Waals surface area contributed by atoms with Crippen LogP contribution in [0.3, 0.4) is 0 Å². The van der Waals surface area contributed by atoms with E-state index in [-0.39, 0.29) is 0 Å². The summed E-state index contributed by atoms with van der Waals surface area (Å²) in [6.07, 6.45) is 0.431. The molecule has 1 aliphatic rings. The molecule has 0 unspecified atom stereocenters. The Kier molecular flexibility index (Phi) is 2.76. The molecule has 4 nitrogen and oxygen atoms in total. The number of hydrogen-bond donors (Lipinski definition) is 2. The summed E-state index contributed by atoms with van der Waals surface area (Å²) in [5, 5.41) is 25.0. The van der Waals surface area contributed by atoms with Gasteiger partial charge >= 0.3 is 0 Å². The Balaban J connectivity index is 2.37. The van der Waals surface area contributed by atoms with Crippen LogP contribution in [0.15, 0.2) is 58.8 Å². The molecule has 94 valence electrons. The third kappa shape index (κ3) is 1.78. The Morgan fingerprint density at radius 1 is 0.737 bits per heavy atom. The van der Waals surface area contributed by atoms with E-state index >= 15 is 0 Å². The van der Waals surface area contributed by atoms with Gasteiger partial charge in [-0.2, -0.15) is 0 Å². The molecule has 0 radical (unpaired) electrons. The lowest BCUT2D eigenvalue weighted by Gasteiger charge is -2.07. The lowest BCUT2D eigenvalue weighted by molar-refractivity contribution is 0.313. The van der Waals surface area contributed by atoms with Crippen LogP contribution < -0.4 is 0 Å². The summed E-state index contributed by atoms with van der Waals surface area (Å²) in [6.45, 7) is 0. The molecule has 0 atom stereocenters. The highest BCUT2D eigenvalue weighted by molar-refractivity contribution is 6.50. The van der Waals surface area contributed by atoms with Gasteiger partial charge in [0.05, 0.1) is 0 Å². The van der Waals surface area contributed by atoms with Crippen molar-refractivity contribution >= 4 is 11.4 Å². The summed E-state index contributed by atoms with van der Waals surface area (Å²) in [4.78, 5) is 0. The smallest absolute Gasteiger partial charge is 0.135 e. The van der Waals surface area contributed by atoms with Gasteiger partial charge in [-0.15, -0.1) is 0 Å². The molecule has 19 heavy (non-hydrogen) atoms. The highest BCUT2D eigenvalue weighted by atomic mass is 16.4. The van der Waals surface area contributed by atoms with Crippen molar-refractivity contribution in [2.24, 2.45) is 10.3 Å². The predicted octanol–water partition coefficient (Wildman–Crippen LogP) is 2.92. The number of benzene rings is 2. The summed E-state index contributed by atoms with van der Waals surface area (Å²) in [7, 11) is 0. The van der Waals surface area contributed by atoms with E-state index in [1.807, 2.05) is 48.5 Å². The van der Waals surface area contributed by atoms with Crippen molar-refractivity contribution in [1.82, 2.24) is 0 Å². The molecule has 0 heterocycles. The van der Waals surface area contributed by atoms with Gasteiger partial charge in [-0.3, -0.25) is 0 Å². The van der Waals surface area contributed by atoms with Crippen LogP contribution in [0.4, 0.5) is 0 Å². The maximum absolute atomic E-state index is 9.24. The van der Waals surface area contributed by atoms with Crippen molar-refractivity contribution in [3.63, 3.8) is 0 Å². The van der Waals surface area contributed by atoms with Gasteiger partial charge in [-0.05, 0) is 16.7 Å². The summed E-state index contributed by atoms with van der Waals surface area (Å²) < 4.78 is 0. The molecule has 0 spiro atoms. The minimum atomic E-state index is 0.314. The third-order valence-corrected chi connectivity index (χ3v) is 3.34. The van der Waals surface area contributed by atoms with Gasteiger partial charge in [0, 0.05) is 12.0 Å². The molecule has 1 aliphatic carbocycles. The second-order valence-corrected chi connectivity index (χ2v) is 4.37. The molecule has 0 aromatic heterocycles. The fourth-order valence-corrected chi connectivity index (χ4v) is 2.48. The van der Waals surface area contributed by atoms with Crippen molar-refractivity contribution in [1.29, 1.82) is 0 Å². The Labute approximate surface area is 110 Å². The molecule has 0 aliphatic heterocycles. The SMILES string of the molecule is O/N=C1\C(=N\O)Cc2ccccc2-c2ccccc21. The van der Waals surface area contributed by atoms with Crippen LogP contribution in [-0.2, 0) is 6.42 Å². The summed E-state index contributed by atoms with van der Waals surface area (Å²) >= 11 is 0. The standard InChI is InChI=1S/C15H12N2O2/c18-16-14-9-10-5-1-2-6-11(10)12-7-3-4-8-13(12)15(14)17-19/h1-8,18-19H,9H2/b16-14+,17-15-. The van der Waals surface area contributed by atoms with Crippen LogP contribution in [-0.4, -0.2) is 21.8 Å². The first kappa shape index (κ1) is 11.5. The summed E-state index contributed by atoms with van der Waals surface area (Å²) in [5.41, 5.74) is 4.53. The number of oxime groups is 2. The third-order valence-electron chi connectivity index (χ3n) is 3.34. The molecule has 4 heteroatoms. The second-order valence-electron chi connectivity index (χ2n) is 4.37. The molecule has 2 aromatic carbocycles. The zero-order valence-electron chi connectivity index (χ0n) is 10.1. The second kappa shape index (κ2) is 4.57. The minimum absolute atomic E-state index is 0.314. The highest BCUT2D eigenvalue weighted by Gasteiger charge is 2.23. The zero-order chi connectivity index (χ0) is 13.2. The maximum atomic E-state index is 9.24. The number of rotatable bonds is 0. The van der Waals surface area contributed by atoms with E-state index in [9.17, 15) is 5.21 Å². The Morgan fingerprint density at radius 2 is 1.37 bits per heavy atom. The van der Waals surface area contributed by atoms with E-state index in [1.165, 1.54) is 0 Å². The van der Waals surface area contributed by atoms with Crippen molar-refractivity contribution in [3.8, 4) is 11.1 Å². The van der Waals surface area contributed by atoms with Gasteiger partial charge in [0.15, 0.2) is 0 Å². The van der Waals surface area contributed by atoms with Crippen LogP contribution in [0.2, 0.25) is 0 Å². The first-order valence-electron chi connectivity index (χ1n) is 5.96. The van der Waals surface area contributed by atoms with Crippen molar-refractivity contribution < 1.29 is 10.4 Å². The topological polar surface area (TPSA) is 65.2 Å². The van der Waals surface area contributed by atoms with Crippen LogP contribution in [0, 0.1) is 0 Å². The molecule has 0 amide bonds. The van der Waals surface area contributed by atoms with E-state index in [2.05, 4.69) is 10.3 Å². The molecule has 2 aromatic rings. The van der Waals surface area contributed by atoms with Crippen molar-refractivity contribution in [2.75, 3.05) is 0 Å². The minimum Gasteiger partial charge on any atom is -0.411 e. The van der Waals surface area contributed by atoms with Gasteiger partial charge in [-0.1, -0.05) is 58.8 Å². The van der Waals surface area contributed by atoms with Gasteiger partial charge in [0.25, 0.3) is 0 Å². The average Bonchev–Trinajstić information content (AvgIpc) is 2.61. The first-order valence-corrected chi connectivity index (χ1v) is 5.96. The van der Waals surface area contributed by atoms with Crippen molar-refractivity contribution in [3.05, 3.63) is 59.7 Å². The molecule has 0 fully saturated rings. The fourth-order valence-electron chi connectivity index (χ4n) is 2.48. The van der Waals surface area contributed by atoms with Crippen LogP contribution in [0.25, 0.3) is 11.1 Å². The molecule has 0 saturated carbocycles. The van der Waals surface area contributed by atoms with E-state index < -0.39 is 0 Å². The average molecular weight is 252 g/mol. The molecule has 0 saturated heterocycles. The normalized spacial score (nSPS) is 17.9. The number of fused-ring (bicyclic) bond motifs is 3. The van der Waals surface area contributed by atoms with Gasteiger partial charge in [0.2, 0.25) is 0 Å². The lowest BCUT2D eigenvalue weighted by atomic mass is 9.96. The van der Waals surface area contributed by atoms with Crippen molar-refractivity contribution in [2.45, 2.75) is 6.42 Å². The maximum Gasteiger partial charge on any atom is 0.135 e. The lowest BCUT2D eigenvalue weighted by Crippen LogP contribution is -2.17. The van der Waals surface area contributed by atoms with E-state index in [4.69, 9.17) is 5.21 Å². The van der Waals surface area contributed by atoms with E-state index in [1.54, 1.807) is 0 Å². The molecular weight excluding hydrogens is 240 g/mol. The molecule has 2 N–H and O–H groups in total. The Bertz CT molecular complexity index is 690. The van der Waals surface area contributed by atoms with Crippen LogP contribution >= 0.6 is 0 Å². The number of nitrogens with zero attached hydrogens (tertiary/aromatic N) is 2. The number of hydrogen-bond acceptors (Lipinski definition) is 4. The quantitative estimate of drug-likeness (QED) is 0.559. The van der Waals surface area contributed by atoms with E-state index in [0.29, 0.717) is 17.8 Å². The van der Waals surface area contributed by atoms with Gasteiger partial charge in [-0.25, -0.2) is 0 Å². The largest absolute Gasteiger partial charge is 0.411 e. The van der Waals surface area contributed by atoms with Gasteiger partial charge < -0.3 is 10.4 Å². The monoisotopic (exact) mass is 252 g/mol. The zero-order valence-corrected chi connectivity index (χ0v) is 10.1. The summed E-state index contributed by atoms with van der Waals surface area (Å²) in [6, 6.07) is 15.5. The van der Waals surface area contributed by atoms with Gasteiger partial charge in [0.1, 0.15) is 11.4 Å². The predicted molar refractivity (Wildman–Crippen MR) is 73.1 cm³/mol. The summed E-state index contributed by atoms with van der Waals surface area (Å²) in [5.74, 6) is 0.